The van der Waals surface area contributed by atoms with E-state index in [1.54, 1.807) is 6.07 Å². The van der Waals surface area contributed by atoms with Crippen LogP contribution in [0.2, 0.25) is 0 Å². The summed E-state index contributed by atoms with van der Waals surface area (Å²) in [6, 6.07) is 12.2. The number of amides is 3. The fourth-order valence-electron chi connectivity index (χ4n) is 2.94. The molecule has 0 spiro atoms. The van der Waals surface area contributed by atoms with E-state index < -0.39 is 0 Å². The highest BCUT2D eigenvalue weighted by atomic mass is 16.2. The Balaban J connectivity index is 1.92. The van der Waals surface area contributed by atoms with Crippen molar-refractivity contribution in [3.8, 4) is 0 Å². The molecule has 3 amide bonds. The molecule has 0 saturated heterocycles. The lowest BCUT2D eigenvalue weighted by molar-refractivity contribution is 0.0693. The summed E-state index contributed by atoms with van der Waals surface area (Å²) in [5, 5.41) is 2.91. The number of fused-ring (bicyclic) bond motifs is 1. The van der Waals surface area contributed by atoms with Crippen molar-refractivity contribution in [3.05, 3.63) is 64.7 Å². The Morgan fingerprint density at radius 1 is 0.960 bits per heavy atom. The van der Waals surface area contributed by atoms with Crippen molar-refractivity contribution >= 4 is 23.4 Å². The lowest BCUT2D eigenvalue weighted by Gasteiger charge is -2.23. The molecule has 0 fully saturated rings. The van der Waals surface area contributed by atoms with Crippen molar-refractivity contribution < 1.29 is 14.4 Å². The quantitative estimate of drug-likeness (QED) is 0.854. The molecule has 1 N–H and O–H groups in total. The molecule has 2 aromatic carbocycles. The van der Waals surface area contributed by atoms with Crippen molar-refractivity contribution in [2.45, 2.75) is 26.2 Å². The van der Waals surface area contributed by atoms with Crippen molar-refractivity contribution in [1.29, 1.82) is 0 Å². The molecule has 0 saturated carbocycles. The second kappa shape index (κ2) is 5.84. The molecule has 0 atom stereocenters. The van der Waals surface area contributed by atoms with Gasteiger partial charge in [0, 0.05) is 18.3 Å². The summed E-state index contributed by atoms with van der Waals surface area (Å²) in [6.07, 6.45) is 0. The van der Waals surface area contributed by atoms with Crippen LogP contribution in [0.25, 0.3) is 0 Å². The molecular formula is C20H20N2O3. The maximum Gasteiger partial charge on any atom is 0.261 e. The minimum Gasteiger partial charge on any atom is -0.322 e. The van der Waals surface area contributed by atoms with E-state index in [1.165, 1.54) is 19.2 Å². The molecule has 1 aliphatic rings. The van der Waals surface area contributed by atoms with E-state index in [9.17, 15) is 14.4 Å². The van der Waals surface area contributed by atoms with Gasteiger partial charge in [-0.1, -0.05) is 39.0 Å². The van der Waals surface area contributed by atoms with E-state index in [0.29, 0.717) is 11.1 Å². The van der Waals surface area contributed by atoms with Crippen LogP contribution < -0.4 is 5.32 Å². The molecule has 1 heterocycles. The average molecular weight is 336 g/mol. The molecule has 0 aromatic heterocycles. The highest BCUT2D eigenvalue weighted by molar-refractivity contribution is 6.22. The molecule has 0 aliphatic carbocycles. The van der Waals surface area contributed by atoms with Crippen molar-refractivity contribution in [2.24, 2.45) is 0 Å². The molecular weight excluding hydrogens is 316 g/mol. The Kier molecular flexibility index (Phi) is 3.95. The number of imide groups is 1. The maximum absolute atomic E-state index is 12.6. The average Bonchev–Trinajstić information content (AvgIpc) is 2.78. The van der Waals surface area contributed by atoms with E-state index in [2.05, 4.69) is 26.1 Å². The third-order valence-electron chi connectivity index (χ3n) is 4.34. The first kappa shape index (κ1) is 16.9. The Bertz CT molecular complexity index is 894. The highest BCUT2D eigenvalue weighted by Gasteiger charge is 2.33. The third-order valence-corrected chi connectivity index (χ3v) is 4.34. The van der Waals surface area contributed by atoms with Crippen LogP contribution in [0.1, 0.15) is 57.4 Å². The van der Waals surface area contributed by atoms with Gasteiger partial charge in [-0.3, -0.25) is 19.3 Å². The van der Waals surface area contributed by atoms with Gasteiger partial charge < -0.3 is 5.32 Å². The summed E-state index contributed by atoms with van der Waals surface area (Å²) in [4.78, 5) is 37.7. The molecule has 128 valence electrons. The largest absolute Gasteiger partial charge is 0.322 e. The zero-order chi connectivity index (χ0) is 18.4. The summed E-state index contributed by atoms with van der Waals surface area (Å²) in [5.41, 5.74) is 2.59. The minimum atomic E-state index is -0.384. The molecule has 2 aromatic rings. The summed E-state index contributed by atoms with van der Waals surface area (Å²) >= 11 is 0. The van der Waals surface area contributed by atoms with Crippen molar-refractivity contribution in [1.82, 2.24) is 4.90 Å². The number of para-hydroxylation sites is 1. The summed E-state index contributed by atoms with van der Waals surface area (Å²) in [6.45, 7) is 6.23. The van der Waals surface area contributed by atoms with Gasteiger partial charge in [0.1, 0.15) is 0 Å². The second-order valence-electron chi connectivity index (χ2n) is 7.18. The summed E-state index contributed by atoms with van der Waals surface area (Å²) in [5.74, 6) is -1.04. The Morgan fingerprint density at radius 2 is 1.60 bits per heavy atom. The van der Waals surface area contributed by atoms with Crippen LogP contribution in [0.15, 0.2) is 42.5 Å². The monoisotopic (exact) mass is 336 g/mol. The lowest BCUT2D eigenvalue weighted by atomic mass is 9.86. The van der Waals surface area contributed by atoms with E-state index >= 15 is 0 Å². The van der Waals surface area contributed by atoms with Crippen LogP contribution in [0.3, 0.4) is 0 Å². The van der Waals surface area contributed by atoms with Crippen LogP contribution in [0, 0.1) is 0 Å². The van der Waals surface area contributed by atoms with Crippen LogP contribution in [-0.2, 0) is 5.41 Å². The van der Waals surface area contributed by atoms with Crippen LogP contribution >= 0.6 is 0 Å². The van der Waals surface area contributed by atoms with Gasteiger partial charge in [-0.2, -0.15) is 0 Å². The van der Waals surface area contributed by atoms with Crippen molar-refractivity contribution in [2.75, 3.05) is 12.4 Å². The Hall–Kier alpha value is -2.95. The number of carbonyl (C=O) groups excluding carboxylic acids is 3. The van der Waals surface area contributed by atoms with E-state index in [-0.39, 0.29) is 28.7 Å². The van der Waals surface area contributed by atoms with E-state index in [1.807, 2.05) is 24.3 Å². The SMILES string of the molecule is CN1C(=O)c2ccc(C(=O)Nc3ccccc3C(C)(C)C)cc2C1=O. The topological polar surface area (TPSA) is 66.5 Å². The summed E-state index contributed by atoms with van der Waals surface area (Å²) < 4.78 is 0. The van der Waals surface area contributed by atoms with E-state index in [4.69, 9.17) is 0 Å². The second-order valence-corrected chi connectivity index (χ2v) is 7.18. The van der Waals surface area contributed by atoms with Gasteiger partial charge >= 0.3 is 0 Å². The van der Waals surface area contributed by atoms with Gasteiger partial charge in [-0.25, -0.2) is 0 Å². The fraction of sp³-hybridized carbons (Fsp3) is 0.250. The molecule has 0 unspecified atom stereocenters. The number of carbonyl (C=O) groups is 3. The lowest BCUT2D eigenvalue weighted by Crippen LogP contribution is -2.24. The highest BCUT2D eigenvalue weighted by Crippen LogP contribution is 2.30. The Morgan fingerprint density at radius 3 is 2.28 bits per heavy atom. The molecule has 0 bridgehead atoms. The molecule has 1 aliphatic heterocycles. The van der Waals surface area contributed by atoms with E-state index in [0.717, 1.165) is 16.2 Å². The first-order valence-electron chi connectivity index (χ1n) is 8.07. The van der Waals surface area contributed by atoms with Gasteiger partial charge in [0.25, 0.3) is 17.7 Å². The maximum atomic E-state index is 12.6. The number of benzene rings is 2. The number of anilines is 1. The van der Waals surface area contributed by atoms with Crippen molar-refractivity contribution in [3.63, 3.8) is 0 Å². The summed E-state index contributed by atoms with van der Waals surface area (Å²) in [7, 11) is 1.43. The van der Waals surface area contributed by atoms with Gasteiger partial charge in [0.2, 0.25) is 0 Å². The standard InChI is InChI=1S/C20H20N2O3/c1-20(2,3)15-7-5-6-8-16(15)21-17(23)12-9-10-13-14(11-12)19(25)22(4)18(13)24/h5-11H,1-4H3,(H,21,23). The third kappa shape index (κ3) is 2.93. The fourth-order valence-corrected chi connectivity index (χ4v) is 2.94. The predicted octanol–water partition coefficient (Wildman–Crippen LogP) is 3.46. The molecule has 0 radical (unpaired) electrons. The first-order chi connectivity index (χ1) is 11.7. The molecule has 25 heavy (non-hydrogen) atoms. The van der Waals surface area contributed by atoms with Gasteiger partial charge in [0.05, 0.1) is 11.1 Å². The van der Waals surface area contributed by atoms with Gasteiger partial charge in [-0.05, 0) is 35.2 Å². The minimum absolute atomic E-state index is 0.118. The molecule has 3 rings (SSSR count). The first-order valence-corrected chi connectivity index (χ1v) is 8.07. The van der Waals surface area contributed by atoms with Gasteiger partial charge in [-0.15, -0.1) is 0 Å². The predicted molar refractivity (Wildman–Crippen MR) is 96.0 cm³/mol. The smallest absolute Gasteiger partial charge is 0.261 e. The van der Waals surface area contributed by atoms with Crippen LogP contribution in [0.5, 0.6) is 0 Å². The Labute approximate surface area is 146 Å². The normalized spacial score (nSPS) is 13.8. The van der Waals surface area contributed by atoms with Gasteiger partial charge in [0.15, 0.2) is 0 Å². The zero-order valence-electron chi connectivity index (χ0n) is 14.7. The molecule has 5 heteroatoms. The number of hydrogen-bond donors (Lipinski definition) is 1. The molecule has 5 nitrogen and oxygen atoms in total. The van der Waals surface area contributed by atoms with Crippen LogP contribution in [-0.4, -0.2) is 29.7 Å². The zero-order valence-corrected chi connectivity index (χ0v) is 14.7. The number of rotatable bonds is 2. The number of nitrogens with zero attached hydrogens (tertiary/aromatic N) is 1. The number of hydrogen-bond acceptors (Lipinski definition) is 3. The van der Waals surface area contributed by atoms with Crippen LogP contribution in [0.4, 0.5) is 5.69 Å². The number of nitrogens with one attached hydrogen (secondary N) is 1.